The Labute approximate surface area is 67.2 Å². The molecule has 0 unspecified atom stereocenters. The molecule has 11 heavy (non-hydrogen) atoms. The molecule has 0 spiro atoms. The van der Waals surface area contributed by atoms with Crippen molar-refractivity contribution < 1.29 is 9.53 Å². The van der Waals surface area contributed by atoms with E-state index >= 15 is 0 Å². The Morgan fingerprint density at radius 2 is 2.18 bits per heavy atom. The third-order valence-corrected chi connectivity index (χ3v) is 2.25. The SMILES string of the molecule is CC(=O)O[C@@H]1CCC(C)=C1C. The van der Waals surface area contributed by atoms with Gasteiger partial charge in [-0.2, -0.15) is 0 Å². The summed E-state index contributed by atoms with van der Waals surface area (Å²) < 4.78 is 5.10. The lowest BCUT2D eigenvalue weighted by atomic mass is 10.2. The zero-order chi connectivity index (χ0) is 8.43. The molecule has 1 rings (SSSR count). The molecule has 62 valence electrons. The molecule has 0 aromatic carbocycles. The van der Waals surface area contributed by atoms with E-state index < -0.39 is 0 Å². The molecule has 0 heterocycles. The lowest BCUT2D eigenvalue weighted by Crippen LogP contribution is -2.13. The van der Waals surface area contributed by atoms with Crippen LogP contribution < -0.4 is 0 Å². The van der Waals surface area contributed by atoms with E-state index in [4.69, 9.17) is 4.74 Å². The molecule has 0 aromatic rings. The van der Waals surface area contributed by atoms with Crippen LogP contribution >= 0.6 is 0 Å². The van der Waals surface area contributed by atoms with Crippen LogP contribution in [0, 0.1) is 0 Å². The van der Waals surface area contributed by atoms with Crippen molar-refractivity contribution in [2.24, 2.45) is 0 Å². The second-order valence-corrected chi connectivity index (χ2v) is 3.10. The Hall–Kier alpha value is -0.790. The van der Waals surface area contributed by atoms with Crippen LogP contribution in [0.4, 0.5) is 0 Å². The largest absolute Gasteiger partial charge is 0.458 e. The van der Waals surface area contributed by atoms with Crippen molar-refractivity contribution in [1.82, 2.24) is 0 Å². The molecule has 0 bridgehead atoms. The van der Waals surface area contributed by atoms with Gasteiger partial charge < -0.3 is 4.74 Å². The summed E-state index contributed by atoms with van der Waals surface area (Å²) in [6.07, 6.45) is 2.11. The van der Waals surface area contributed by atoms with E-state index in [1.54, 1.807) is 0 Å². The Balaban J connectivity index is 2.57. The highest BCUT2D eigenvalue weighted by Gasteiger charge is 2.21. The van der Waals surface area contributed by atoms with Crippen LogP contribution in [0.25, 0.3) is 0 Å². The molecule has 0 N–H and O–H groups in total. The predicted molar refractivity (Wildman–Crippen MR) is 43.2 cm³/mol. The monoisotopic (exact) mass is 154 g/mol. The van der Waals surface area contributed by atoms with E-state index in [2.05, 4.69) is 6.92 Å². The molecule has 2 heteroatoms. The van der Waals surface area contributed by atoms with Gasteiger partial charge in [-0.3, -0.25) is 4.79 Å². The van der Waals surface area contributed by atoms with Gasteiger partial charge in [-0.05, 0) is 32.3 Å². The van der Waals surface area contributed by atoms with Crippen molar-refractivity contribution in [1.29, 1.82) is 0 Å². The molecule has 0 aliphatic heterocycles. The number of carbonyl (C=O) groups excluding carboxylic acids is 1. The Morgan fingerprint density at radius 3 is 2.55 bits per heavy atom. The standard InChI is InChI=1S/C9H14O2/c1-6-4-5-9(7(6)2)11-8(3)10/h9H,4-5H2,1-3H3/t9-/m1/s1. The highest BCUT2D eigenvalue weighted by molar-refractivity contribution is 5.66. The van der Waals surface area contributed by atoms with Gasteiger partial charge in [0.25, 0.3) is 0 Å². The average Bonchev–Trinajstić information content (AvgIpc) is 2.18. The summed E-state index contributed by atoms with van der Waals surface area (Å²) in [5.41, 5.74) is 2.61. The normalized spacial score (nSPS) is 24.1. The number of hydrogen-bond acceptors (Lipinski definition) is 2. The number of esters is 1. The first kappa shape index (κ1) is 8.31. The molecule has 0 radical (unpaired) electrons. The smallest absolute Gasteiger partial charge is 0.303 e. The predicted octanol–water partition coefficient (Wildman–Crippen LogP) is 2.05. The van der Waals surface area contributed by atoms with E-state index in [0.717, 1.165) is 12.8 Å². The van der Waals surface area contributed by atoms with Crippen molar-refractivity contribution in [3.05, 3.63) is 11.1 Å². The number of rotatable bonds is 1. The Kier molecular flexibility index (Phi) is 2.32. The lowest BCUT2D eigenvalue weighted by molar-refractivity contribution is -0.144. The summed E-state index contributed by atoms with van der Waals surface area (Å²) in [5.74, 6) is -0.177. The summed E-state index contributed by atoms with van der Waals surface area (Å²) in [6.45, 7) is 5.59. The first-order valence-electron chi connectivity index (χ1n) is 3.94. The number of ether oxygens (including phenoxy) is 1. The van der Waals surface area contributed by atoms with Crippen molar-refractivity contribution in [3.63, 3.8) is 0 Å². The topological polar surface area (TPSA) is 26.3 Å². The van der Waals surface area contributed by atoms with Crippen LogP contribution in [0.1, 0.15) is 33.6 Å². The van der Waals surface area contributed by atoms with Gasteiger partial charge in [0.2, 0.25) is 0 Å². The zero-order valence-corrected chi connectivity index (χ0v) is 7.31. The number of allylic oxidation sites excluding steroid dienone is 1. The Bertz CT molecular complexity index is 204. The second-order valence-electron chi connectivity index (χ2n) is 3.10. The van der Waals surface area contributed by atoms with Crippen molar-refractivity contribution in [3.8, 4) is 0 Å². The molecule has 2 nitrogen and oxygen atoms in total. The van der Waals surface area contributed by atoms with E-state index in [1.807, 2.05) is 6.92 Å². The lowest BCUT2D eigenvalue weighted by Gasteiger charge is -2.11. The summed E-state index contributed by atoms with van der Waals surface area (Å²) in [7, 11) is 0. The maximum absolute atomic E-state index is 10.6. The van der Waals surface area contributed by atoms with E-state index in [1.165, 1.54) is 18.1 Å². The van der Waals surface area contributed by atoms with Crippen molar-refractivity contribution >= 4 is 5.97 Å². The molecule has 1 atom stereocenters. The number of hydrogen-bond donors (Lipinski definition) is 0. The van der Waals surface area contributed by atoms with Gasteiger partial charge in [0.1, 0.15) is 6.10 Å². The van der Waals surface area contributed by atoms with E-state index in [9.17, 15) is 4.79 Å². The molecular weight excluding hydrogens is 140 g/mol. The van der Waals surface area contributed by atoms with E-state index in [-0.39, 0.29) is 12.1 Å². The first-order valence-corrected chi connectivity index (χ1v) is 3.94. The van der Waals surface area contributed by atoms with Gasteiger partial charge >= 0.3 is 5.97 Å². The van der Waals surface area contributed by atoms with Gasteiger partial charge in [0.05, 0.1) is 0 Å². The van der Waals surface area contributed by atoms with Crippen LogP contribution in [-0.2, 0) is 9.53 Å². The molecule has 0 amide bonds. The molecule has 0 aromatic heterocycles. The molecule has 1 aliphatic carbocycles. The highest BCUT2D eigenvalue weighted by atomic mass is 16.5. The van der Waals surface area contributed by atoms with Gasteiger partial charge in [-0.15, -0.1) is 0 Å². The molecule has 0 saturated heterocycles. The van der Waals surface area contributed by atoms with Crippen molar-refractivity contribution in [2.45, 2.75) is 39.7 Å². The fourth-order valence-electron chi connectivity index (χ4n) is 1.38. The van der Waals surface area contributed by atoms with Crippen LogP contribution in [0.5, 0.6) is 0 Å². The molecule has 1 aliphatic rings. The minimum Gasteiger partial charge on any atom is -0.458 e. The van der Waals surface area contributed by atoms with Crippen molar-refractivity contribution in [2.75, 3.05) is 0 Å². The minimum atomic E-state index is -0.177. The average molecular weight is 154 g/mol. The van der Waals surface area contributed by atoms with Gasteiger partial charge in [0.15, 0.2) is 0 Å². The van der Waals surface area contributed by atoms with Gasteiger partial charge in [0, 0.05) is 6.92 Å². The first-order chi connectivity index (χ1) is 5.11. The summed E-state index contributed by atoms with van der Waals surface area (Å²) in [6, 6.07) is 0. The van der Waals surface area contributed by atoms with Crippen LogP contribution in [-0.4, -0.2) is 12.1 Å². The highest BCUT2D eigenvalue weighted by Crippen LogP contribution is 2.27. The fourth-order valence-corrected chi connectivity index (χ4v) is 1.38. The fraction of sp³-hybridized carbons (Fsp3) is 0.667. The molecule has 0 fully saturated rings. The maximum Gasteiger partial charge on any atom is 0.303 e. The molecule has 0 saturated carbocycles. The summed E-state index contributed by atoms with van der Waals surface area (Å²) >= 11 is 0. The third kappa shape index (κ3) is 1.82. The zero-order valence-electron chi connectivity index (χ0n) is 7.31. The van der Waals surface area contributed by atoms with E-state index in [0.29, 0.717) is 0 Å². The Morgan fingerprint density at radius 1 is 1.55 bits per heavy atom. The minimum absolute atomic E-state index is 0.0625. The van der Waals surface area contributed by atoms with Crippen LogP contribution in [0.2, 0.25) is 0 Å². The van der Waals surface area contributed by atoms with Gasteiger partial charge in [-0.25, -0.2) is 0 Å². The van der Waals surface area contributed by atoms with Crippen LogP contribution in [0.15, 0.2) is 11.1 Å². The molecular formula is C9H14O2. The summed E-state index contributed by atoms with van der Waals surface area (Å²) in [5, 5.41) is 0. The van der Waals surface area contributed by atoms with Crippen LogP contribution in [0.3, 0.4) is 0 Å². The maximum atomic E-state index is 10.6. The second kappa shape index (κ2) is 3.07. The third-order valence-electron chi connectivity index (χ3n) is 2.25. The summed E-state index contributed by atoms with van der Waals surface area (Å²) in [4.78, 5) is 10.6. The number of carbonyl (C=O) groups is 1. The van der Waals surface area contributed by atoms with Gasteiger partial charge in [-0.1, -0.05) is 5.57 Å². The quantitative estimate of drug-likeness (QED) is 0.427.